The van der Waals surface area contributed by atoms with E-state index in [1.807, 2.05) is 0 Å². The molecule has 1 N–H and O–H groups in total. The highest BCUT2D eigenvalue weighted by Gasteiger charge is 2.81. The number of hydrogen-bond donors (Lipinski definition) is 1. The summed E-state index contributed by atoms with van der Waals surface area (Å²) >= 11 is 0. The molecule has 8 aliphatic rings. The fraction of sp³-hybridized carbons (Fsp3) is 0.947. The van der Waals surface area contributed by atoms with Crippen LogP contribution in [0.25, 0.3) is 0 Å². The van der Waals surface area contributed by atoms with Crippen molar-refractivity contribution in [1.29, 1.82) is 0 Å². The Morgan fingerprint density at radius 3 is 2.31 bits per heavy atom. The topological polar surface area (TPSA) is 80.3 Å². The van der Waals surface area contributed by atoms with Crippen molar-refractivity contribution in [3.8, 4) is 0 Å². The zero-order valence-corrected chi connectivity index (χ0v) is 30.2. The number of carbonyl (C=O) groups is 2. The number of ether oxygens (including phenoxy) is 3. The van der Waals surface area contributed by atoms with Crippen LogP contribution in [0.15, 0.2) is 0 Å². The summed E-state index contributed by atoms with van der Waals surface area (Å²) in [5.74, 6) is 2.63. The van der Waals surface area contributed by atoms with Gasteiger partial charge in [0.1, 0.15) is 12.2 Å². The number of likely N-dealkylation sites (tertiary alicyclic amines) is 2. The zero-order chi connectivity index (χ0) is 34.7. The number of nitrogens with zero attached hydrogens (tertiary/aromatic N) is 2. The van der Waals surface area contributed by atoms with Gasteiger partial charge in [-0.15, -0.1) is 0 Å². The van der Waals surface area contributed by atoms with Gasteiger partial charge in [-0.2, -0.15) is 13.2 Å². The number of amides is 2. The van der Waals surface area contributed by atoms with Gasteiger partial charge in [0.2, 0.25) is 0 Å². The summed E-state index contributed by atoms with van der Waals surface area (Å²) in [6.07, 6.45) is 7.45. The van der Waals surface area contributed by atoms with Gasteiger partial charge in [-0.3, -0.25) is 0 Å². The second kappa shape index (κ2) is 11.6. The first-order valence-corrected chi connectivity index (χ1v) is 19.4. The molecule has 8 rings (SSSR count). The highest BCUT2D eigenvalue weighted by molar-refractivity contribution is 5.69. The van der Waals surface area contributed by atoms with Crippen molar-refractivity contribution in [3.63, 3.8) is 0 Å². The molecule has 11 unspecified atom stereocenters. The lowest BCUT2D eigenvalue weighted by Gasteiger charge is -2.59. The van der Waals surface area contributed by atoms with Gasteiger partial charge in [-0.05, 0) is 116 Å². The fourth-order valence-electron chi connectivity index (χ4n) is 13.2. The van der Waals surface area contributed by atoms with E-state index in [2.05, 4.69) is 39.9 Å². The largest absolute Gasteiger partial charge is 0.446 e. The minimum atomic E-state index is -4.26. The van der Waals surface area contributed by atoms with E-state index in [1.54, 1.807) is 4.90 Å². The smallest absolute Gasteiger partial charge is 0.410 e. The summed E-state index contributed by atoms with van der Waals surface area (Å²) in [5, 5.41) is 2.50. The lowest BCUT2D eigenvalue weighted by Crippen LogP contribution is -2.62. The molecule has 49 heavy (non-hydrogen) atoms. The number of carbonyl (C=O) groups excluding carboxylic acids is 2. The Balaban J connectivity index is 0.911. The van der Waals surface area contributed by atoms with Crippen LogP contribution in [-0.4, -0.2) is 91.3 Å². The summed E-state index contributed by atoms with van der Waals surface area (Å²) < 4.78 is 57.1. The molecule has 8 nitrogen and oxygen atoms in total. The molecule has 5 aliphatic carbocycles. The van der Waals surface area contributed by atoms with Gasteiger partial charge in [-0.25, -0.2) is 9.59 Å². The van der Waals surface area contributed by atoms with Crippen LogP contribution in [0.3, 0.4) is 0 Å². The Hall–Kier alpha value is -1.75. The molecule has 0 radical (unpaired) electrons. The minimum Gasteiger partial charge on any atom is -0.446 e. The van der Waals surface area contributed by atoms with Gasteiger partial charge in [0.25, 0.3) is 0 Å². The van der Waals surface area contributed by atoms with Gasteiger partial charge in [0.15, 0.2) is 0 Å². The molecule has 2 amide bonds. The van der Waals surface area contributed by atoms with Gasteiger partial charge in [0, 0.05) is 37.6 Å². The zero-order valence-electron chi connectivity index (χ0n) is 30.2. The van der Waals surface area contributed by atoms with E-state index >= 15 is 0 Å². The third-order valence-electron chi connectivity index (χ3n) is 15.9. The van der Waals surface area contributed by atoms with Crippen LogP contribution in [0.4, 0.5) is 22.8 Å². The van der Waals surface area contributed by atoms with E-state index in [-0.39, 0.29) is 72.5 Å². The van der Waals surface area contributed by atoms with E-state index in [1.165, 1.54) is 30.6 Å². The molecule has 0 aromatic heterocycles. The van der Waals surface area contributed by atoms with Crippen molar-refractivity contribution in [2.45, 2.75) is 142 Å². The highest BCUT2D eigenvalue weighted by atomic mass is 19.4. The van der Waals surface area contributed by atoms with Crippen LogP contribution in [0.5, 0.6) is 0 Å². The molecule has 5 saturated carbocycles. The molecule has 8 fully saturated rings. The number of hydrogen-bond acceptors (Lipinski definition) is 6. The lowest BCUT2D eigenvalue weighted by atomic mass is 9.46. The van der Waals surface area contributed by atoms with Crippen LogP contribution in [0, 0.1) is 51.2 Å². The Morgan fingerprint density at radius 1 is 0.898 bits per heavy atom. The van der Waals surface area contributed by atoms with Gasteiger partial charge < -0.3 is 29.3 Å². The summed E-state index contributed by atoms with van der Waals surface area (Å²) in [5.41, 5.74) is 0.830. The second-order valence-electron chi connectivity index (χ2n) is 18.7. The van der Waals surface area contributed by atoms with Crippen molar-refractivity contribution in [2.24, 2.45) is 51.2 Å². The Bertz CT molecular complexity index is 1320. The normalized spacial score (nSPS) is 44.3. The first-order valence-electron chi connectivity index (χ1n) is 19.4. The maximum atomic E-state index is 13.1. The van der Waals surface area contributed by atoms with Crippen molar-refractivity contribution >= 4 is 12.2 Å². The summed E-state index contributed by atoms with van der Waals surface area (Å²) in [7, 11) is 0. The molecule has 11 atom stereocenters. The molecule has 276 valence electrons. The minimum absolute atomic E-state index is 0.0377. The molecular formula is C38H58F3N3O5. The highest BCUT2D eigenvalue weighted by Crippen LogP contribution is 2.87. The molecule has 3 aliphatic heterocycles. The molecule has 2 spiro atoms. The van der Waals surface area contributed by atoms with Crippen molar-refractivity contribution in [1.82, 2.24) is 15.1 Å². The molecule has 0 aromatic carbocycles. The lowest BCUT2D eigenvalue weighted by molar-refractivity contribution is -0.151. The maximum absolute atomic E-state index is 13.1. The SMILES string of the molecule is CC(C)C(OC(=O)N1CCC1)C1CCC2C(CC3C4CCC5C(C)(C)C(OC(=O)N6CC(NCC(F)(F)F)C6)CCC56CC46CCC23C)O1. The molecule has 0 aromatic rings. The van der Waals surface area contributed by atoms with E-state index in [0.29, 0.717) is 34.5 Å². The fourth-order valence-corrected chi connectivity index (χ4v) is 13.2. The third kappa shape index (κ3) is 5.34. The van der Waals surface area contributed by atoms with Crippen molar-refractivity contribution in [3.05, 3.63) is 0 Å². The number of alkyl halides is 3. The molecule has 3 heterocycles. The van der Waals surface area contributed by atoms with Crippen molar-refractivity contribution < 1.29 is 37.0 Å². The van der Waals surface area contributed by atoms with E-state index in [4.69, 9.17) is 14.2 Å². The number of halogens is 3. The second-order valence-corrected chi connectivity index (χ2v) is 18.7. The molecule has 11 heteroatoms. The predicted molar refractivity (Wildman–Crippen MR) is 177 cm³/mol. The summed E-state index contributed by atoms with van der Waals surface area (Å²) in [6.45, 7) is 12.5. The van der Waals surface area contributed by atoms with Crippen LogP contribution in [0.2, 0.25) is 0 Å². The average molecular weight is 694 g/mol. The van der Waals surface area contributed by atoms with Crippen LogP contribution >= 0.6 is 0 Å². The Labute approximate surface area is 289 Å². The van der Waals surface area contributed by atoms with Crippen molar-refractivity contribution in [2.75, 3.05) is 32.7 Å². The molecular weight excluding hydrogens is 635 g/mol. The van der Waals surface area contributed by atoms with E-state index in [9.17, 15) is 22.8 Å². The van der Waals surface area contributed by atoms with E-state index < -0.39 is 12.7 Å². The van der Waals surface area contributed by atoms with Gasteiger partial charge in [-0.1, -0.05) is 34.6 Å². The Kier molecular flexibility index (Phi) is 8.15. The van der Waals surface area contributed by atoms with Gasteiger partial charge in [0.05, 0.1) is 18.8 Å². The van der Waals surface area contributed by atoms with Crippen LogP contribution in [0.1, 0.15) is 105 Å². The number of fused-ring (bicyclic) bond motifs is 4. The monoisotopic (exact) mass is 693 g/mol. The summed E-state index contributed by atoms with van der Waals surface area (Å²) in [6, 6.07) is -0.338. The first kappa shape index (κ1) is 34.3. The predicted octanol–water partition coefficient (Wildman–Crippen LogP) is 7.40. The number of nitrogens with one attached hydrogen (secondary N) is 1. The quantitative estimate of drug-likeness (QED) is 0.313. The summed E-state index contributed by atoms with van der Waals surface area (Å²) in [4.78, 5) is 29.2. The third-order valence-corrected chi connectivity index (χ3v) is 15.9. The first-order chi connectivity index (χ1) is 23.1. The Morgan fingerprint density at radius 2 is 1.63 bits per heavy atom. The molecule has 3 saturated heterocycles. The van der Waals surface area contributed by atoms with Gasteiger partial charge >= 0.3 is 18.4 Å². The average Bonchev–Trinajstić information content (AvgIpc) is 3.54. The van der Waals surface area contributed by atoms with Crippen LogP contribution < -0.4 is 5.32 Å². The van der Waals surface area contributed by atoms with Crippen LogP contribution in [-0.2, 0) is 14.2 Å². The standard InChI is InChI=1S/C38H58F3N3O5/c1-22(2)31(49-32(45)43-15-6-16-43)27-9-7-25-28(47-27)17-26-24-8-10-29-34(3,4)30(11-12-37(29)20-36(24,37)14-13-35(25,26)5)48-33(46)44-18-23(19-44)42-21-38(39,40)41/h22-31,42H,6-21H2,1-5H3. The van der Waals surface area contributed by atoms with E-state index in [0.717, 1.165) is 58.0 Å². The number of rotatable bonds is 6. The maximum Gasteiger partial charge on any atom is 0.410 e. The molecule has 0 bridgehead atoms.